The first kappa shape index (κ1) is 15.6. The van der Waals surface area contributed by atoms with Gasteiger partial charge in [-0.1, -0.05) is 41.7 Å². The van der Waals surface area contributed by atoms with Gasteiger partial charge in [0, 0.05) is 11.1 Å². The van der Waals surface area contributed by atoms with E-state index in [1.165, 1.54) is 12.8 Å². The number of rotatable bonds is 5. The van der Waals surface area contributed by atoms with Gasteiger partial charge in [0.15, 0.2) is 5.82 Å². The Hall–Kier alpha value is -1.88. The molecule has 2 saturated carbocycles. The van der Waals surface area contributed by atoms with E-state index in [-0.39, 0.29) is 17.7 Å². The number of hydrogen-bond acceptors (Lipinski definition) is 4. The Balaban J connectivity index is 1.44. The van der Waals surface area contributed by atoms with Crippen LogP contribution in [0.25, 0.3) is 0 Å². The van der Waals surface area contributed by atoms with E-state index < -0.39 is 0 Å². The molecular formula is C18H20ClN3O2. The van der Waals surface area contributed by atoms with Crippen LogP contribution in [0, 0.1) is 0 Å². The maximum atomic E-state index is 12.1. The summed E-state index contributed by atoms with van der Waals surface area (Å²) in [6, 6.07) is 8.08. The predicted molar refractivity (Wildman–Crippen MR) is 89.9 cm³/mol. The highest BCUT2D eigenvalue weighted by Crippen LogP contribution is 2.52. The van der Waals surface area contributed by atoms with Gasteiger partial charge in [-0.05, 0) is 43.4 Å². The Kier molecular flexibility index (Phi) is 4.04. The minimum Gasteiger partial charge on any atom is -0.353 e. The zero-order valence-electron chi connectivity index (χ0n) is 13.4. The predicted octanol–water partition coefficient (Wildman–Crippen LogP) is 3.40. The van der Waals surface area contributed by atoms with E-state index in [9.17, 15) is 4.79 Å². The number of hydrogen-bond donors (Lipinski definition) is 1. The van der Waals surface area contributed by atoms with Gasteiger partial charge >= 0.3 is 0 Å². The van der Waals surface area contributed by atoms with Crippen molar-refractivity contribution in [3.8, 4) is 0 Å². The van der Waals surface area contributed by atoms with E-state index in [4.69, 9.17) is 16.1 Å². The van der Waals surface area contributed by atoms with Gasteiger partial charge in [0.1, 0.15) is 0 Å². The van der Waals surface area contributed by atoms with E-state index >= 15 is 0 Å². The number of amides is 1. The minimum atomic E-state index is -0.197. The third-order valence-electron chi connectivity index (χ3n) is 5.06. The Morgan fingerprint density at radius 3 is 2.62 bits per heavy atom. The van der Waals surface area contributed by atoms with Crippen LogP contribution < -0.4 is 5.32 Å². The van der Waals surface area contributed by atoms with Crippen LogP contribution in [0.5, 0.6) is 0 Å². The van der Waals surface area contributed by atoms with Gasteiger partial charge in [-0.25, -0.2) is 0 Å². The van der Waals surface area contributed by atoms with Crippen LogP contribution in [0.2, 0.25) is 5.02 Å². The van der Waals surface area contributed by atoms with E-state index in [1.54, 1.807) is 0 Å². The van der Waals surface area contributed by atoms with Gasteiger partial charge in [0.05, 0.1) is 11.8 Å². The smallest absolute Gasteiger partial charge is 0.237 e. The first-order valence-electron chi connectivity index (χ1n) is 8.54. The average molecular weight is 346 g/mol. The second-order valence-corrected chi connectivity index (χ2v) is 7.27. The quantitative estimate of drug-likeness (QED) is 0.901. The van der Waals surface area contributed by atoms with Crippen LogP contribution in [0.15, 0.2) is 28.8 Å². The maximum absolute atomic E-state index is 12.1. The molecule has 5 nitrogen and oxygen atoms in total. The molecule has 0 aliphatic heterocycles. The fourth-order valence-corrected chi connectivity index (χ4v) is 3.66. The lowest BCUT2D eigenvalue weighted by Gasteiger charge is -2.11. The molecule has 0 saturated heterocycles. The topological polar surface area (TPSA) is 68.0 Å². The van der Waals surface area contributed by atoms with Crippen molar-refractivity contribution in [3.63, 3.8) is 0 Å². The molecule has 1 aromatic heterocycles. The highest BCUT2D eigenvalue weighted by atomic mass is 35.5. The number of benzene rings is 1. The van der Waals surface area contributed by atoms with E-state index in [0.29, 0.717) is 22.8 Å². The van der Waals surface area contributed by atoms with Crippen molar-refractivity contribution in [2.24, 2.45) is 0 Å². The third kappa shape index (κ3) is 3.05. The van der Waals surface area contributed by atoms with Gasteiger partial charge in [-0.15, -0.1) is 0 Å². The molecule has 1 N–H and O–H groups in total. The summed E-state index contributed by atoms with van der Waals surface area (Å²) in [5.41, 5.74) is 0.940. The molecular weight excluding hydrogens is 326 g/mol. The van der Waals surface area contributed by atoms with Crippen molar-refractivity contribution in [2.75, 3.05) is 0 Å². The van der Waals surface area contributed by atoms with Crippen molar-refractivity contribution in [1.82, 2.24) is 15.5 Å². The highest BCUT2D eigenvalue weighted by molar-refractivity contribution is 6.30. The van der Waals surface area contributed by atoms with Crippen molar-refractivity contribution < 1.29 is 9.32 Å². The molecule has 1 aromatic carbocycles. The summed E-state index contributed by atoms with van der Waals surface area (Å²) in [4.78, 5) is 16.6. The minimum absolute atomic E-state index is 0.0226. The lowest BCUT2D eigenvalue weighted by Crippen LogP contribution is -2.33. The number of nitrogens with one attached hydrogen (secondary N) is 1. The summed E-state index contributed by atoms with van der Waals surface area (Å²) in [6.45, 7) is 0. The zero-order chi connectivity index (χ0) is 16.6. The zero-order valence-corrected chi connectivity index (χ0v) is 14.2. The summed E-state index contributed by atoms with van der Waals surface area (Å²) >= 11 is 5.96. The third-order valence-corrected chi connectivity index (χ3v) is 5.32. The molecule has 24 heavy (non-hydrogen) atoms. The fraction of sp³-hybridized carbons (Fsp3) is 0.500. The van der Waals surface area contributed by atoms with Gasteiger partial charge in [0.2, 0.25) is 11.8 Å². The average Bonchev–Trinajstić information content (AvgIpc) is 2.98. The summed E-state index contributed by atoms with van der Waals surface area (Å²) in [7, 11) is 0. The largest absolute Gasteiger partial charge is 0.353 e. The van der Waals surface area contributed by atoms with E-state index in [0.717, 1.165) is 31.2 Å². The first-order valence-corrected chi connectivity index (χ1v) is 8.92. The second-order valence-electron chi connectivity index (χ2n) is 6.83. The Morgan fingerprint density at radius 1 is 1.25 bits per heavy atom. The van der Waals surface area contributed by atoms with E-state index in [1.807, 2.05) is 24.3 Å². The van der Waals surface area contributed by atoms with Crippen LogP contribution in [-0.4, -0.2) is 22.1 Å². The second kappa shape index (κ2) is 6.20. The standard InChI is InChI=1S/C18H20ClN3O2/c19-13-7-5-12(6-8-13)18(9-10-18)17-21-15(22-24-17)11-16(23)20-14-3-1-2-4-14/h5-8,14H,1-4,9-11H2,(H,20,23). The molecule has 2 aliphatic carbocycles. The molecule has 0 unspecified atom stereocenters. The SMILES string of the molecule is O=C(Cc1noc(C2(c3ccc(Cl)cc3)CC2)n1)NC1CCCC1. The maximum Gasteiger partial charge on any atom is 0.237 e. The Bertz CT molecular complexity index is 731. The summed E-state index contributed by atoms with van der Waals surface area (Å²) < 4.78 is 5.47. The monoisotopic (exact) mass is 345 g/mol. The number of aromatic nitrogens is 2. The molecule has 0 radical (unpaired) electrons. The summed E-state index contributed by atoms with van der Waals surface area (Å²) in [5.74, 6) is 1.04. The molecule has 0 spiro atoms. The molecule has 2 fully saturated rings. The van der Waals surface area contributed by atoms with Crippen molar-refractivity contribution in [2.45, 2.75) is 56.4 Å². The van der Waals surface area contributed by atoms with Gasteiger partial charge in [0.25, 0.3) is 0 Å². The molecule has 2 aromatic rings. The number of nitrogens with zero attached hydrogens (tertiary/aromatic N) is 2. The molecule has 1 heterocycles. The lowest BCUT2D eigenvalue weighted by molar-refractivity contribution is -0.121. The number of carbonyl (C=O) groups excluding carboxylic acids is 1. The van der Waals surface area contributed by atoms with Crippen molar-refractivity contribution >= 4 is 17.5 Å². The molecule has 0 atom stereocenters. The van der Waals surface area contributed by atoms with Crippen LogP contribution in [0.3, 0.4) is 0 Å². The molecule has 4 rings (SSSR count). The lowest BCUT2D eigenvalue weighted by atomic mass is 9.96. The van der Waals surface area contributed by atoms with Crippen LogP contribution >= 0.6 is 11.6 Å². The molecule has 2 aliphatic rings. The highest BCUT2D eigenvalue weighted by Gasteiger charge is 2.50. The molecule has 126 valence electrons. The molecule has 6 heteroatoms. The molecule has 1 amide bonds. The number of carbonyl (C=O) groups is 1. The van der Waals surface area contributed by atoms with Gasteiger partial charge in [-0.3, -0.25) is 4.79 Å². The fourth-order valence-electron chi connectivity index (χ4n) is 3.53. The van der Waals surface area contributed by atoms with Crippen LogP contribution in [0.4, 0.5) is 0 Å². The molecule has 0 bridgehead atoms. The number of halogens is 1. The van der Waals surface area contributed by atoms with Crippen LogP contribution in [0.1, 0.15) is 55.8 Å². The summed E-state index contributed by atoms with van der Waals surface area (Å²) in [5, 5.41) is 7.77. The first-order chi connectivity index (χ1) is 11.7. The van der Waals surface area contributed by atoms with Gasteiger partial charge in [-0.2, -0.15) is 4.98 Å². The van der Waals surface area contributed by atoms with Crippen LogP contribution in [-0.2, 0) is 16.6 Å². The Labute approximate surface area is 145 Å². The van der Waals surface area contributed by atoms with E-state index in [2.05, 4.69) is 15.5 Å². The normalized spacial score (nSPS) is 19.4. The van der Waals surface area contributed by atoms with Crippen molar-refractivity contribution in [1.29, 1.82) is 0 Å². The summed E-state index contributed by atoms with van der Waals surface area (Å²) in [6.07, 6.45) is 6.67. The van der Waals surface area contributed by atoms with Crippen molar-refractivity contribution in [3.05, 3.63) is 46.6 Å². The Morgan fingerprint density at radius 2 is 1.96 bits per heavy atom. The van der Waals surface area contributed by atoms with Gasteiger partial charge < -0.3 is 9.84 Å².